The van der Waals surface area contributed by atoms with Crippen LogP contribution in [0, 0.1) is 5.92 Å². The van der Waals surface area contributed by atoms with Gasteiger partial charge >= 0.3 is 0 Å². The predicted octanol–water partition coefficient (Wildman–Crippen LogP) is 2.67. The van der Waals surface area contributed by atoms with Gasteiger partial charge in [-0.25, -0.2) is 14.5 Å². The number of anilines is 1. The molecule has 0 spiro atoms. The molecule has 0 aromatic carbocycles. The van der Waals surface area contributed by atoms with Gasteiger partial charge in [-0.1, -0.05) is 12.1 Å². The number of rotatable bonds is 5. The summed E-state index contributed by atoms with van der Waals surface area (Å²) in [6, 6.07) is 11.0. The standard InChI is InChI=1S/C24H25N7O2/c25-22-21(19-4-1-2-10-26-19)23-27-14-17(15-31(23)29-22)18-5-3-6-20(28-18)24(33)30-11-7-16(8-12-30)9-13-32/h1-6,10,14-16,32H,7-9,11-13H2,(H2,25,29). The Kier molecular flexibility index (Phi) is 5.70. The van der Waals surface area contributed by atoms with Crippen molar-refractivity contribution in [3.05, 3.63) is 60.7 Å². The lowest BCUT2D eigenvalue weighted by Gasteiger charge is -2.31. The molecule has 5 rings (SSSR count). The lowest BCUT2D eigenvalue weighted by Crippen LogP contribution is -2.39. The van der Waals surface area contributed by atoms with Crippen molar-refractivity contribution in [2.75, 3.05) is 25.4 Å². The van der Waals surface area contributed by atoms with Gasteiger partial charge in [0, 0.05) is 43.9 Å². The van der Waals surface area contributed by atoms with Crippen LogP contribution in [0.3, 0.4) is 0 Å². The number of hydrogen-bond donors (Lipinski definition) is 2. The van der Waals surface area contributed by atoms with Crippen LogP contribution in [0.1, 0.15) is 29.8 Å². The first-order chi connectivity index (χ1) is 16.1. The largest absolute Gasteiger partial charge is 0.396 e. The third kappa shape index (κ3) is 4.14. The molecule has 0 bridgehead atoms. The molecule has 0 atom stereocenters. The van der Waals surface area contributed by atoms with E-state index in [4.69, 9.17) is 10.8 Å². The SMILES string of the molecule is Nc1nn2cc(-c3cccc(C(=O)N4CCC(CCO)CC4)n3)cnc2c1-c1ccccn1. The van der Waals surface area contributed by atoms with E-state index in [0.29, 0.717) is 53.1 Å². The average molecular weight is 444 g/mol. The lowest BCUT2D eigenvalue weighted by molar-refractivity contribution is 0.0672. The van der Waals surface area contributed by atoms with Crippen molar-refractivity contribution in [1.29, 1.82) is 0 Å². The molecule has 1 amide bonds. The second kappa shape index (κ2) is 8.95. The minimum atomic E-state index is -0.0749. The summed E-state index contributed by atoms with van der Waals surface area (Å²) >= 11 is 0. The van der Waals surface area contributed by atoms with E-state index in [1.165, 1.54) is 0 Å². The lowest BCUT2D eigenvalue weighted by atomic mass is 9.94. The van der Waals surface area contributed by atoms with Gasteiger partial charge in [0.25, 0.3) is 5.91 Å². The first-order valence-corrected chi connectivity index (χ1v) is 11.1. The van der Waals surface area contributed by atoms with Gasteiger partial charge in [-0.2, -0.15) is 0 Å². The van der Waals surface area contributed by atoms with Crippen LogP contribution < -0.4 is 5.73 Å². The first-order valence-electron chi connectivity index (χ1n) is 11.1. The average Bonchev–Trinajstić information content (AvgIpc) is 3.19. The van der Waals surface area contributed by atoms with Crippen molar-refractivity contribution in [3.63, 3.8) is 0 Å². The third-order valence-corrected chi connectivity index (χ3v) is 6.12. The monoisotopic (exact) mass is 443 g/mol. The maximum atomic E-state index is 13.0. The summed E-state index contributed by atoms with van der Waals surface area (Å²) in [6.07, 6.45) is 7.83. The molecule has 3 N–H and O–H groups in total. The fourth-order valence-electron chi connectivity index (χ4n) is 4.32. The van der Waals surface area contributed by atoms with Gasteiger partial charge in [-0.3, -0.25) is 9.78 Å². The molecule has 4 aromatic rings. The first kappa shape index (κ1) is 21.0. The molecule has 33 heavy (non-hydrogen) atoms. The second-order valence-corrected chi connectivity index (χ2v) is 8.24. The summed E-state index contributed by atoms with van der Waals surface area (Å²) in [7, 11) is 0. The van der Waals surface area contributed by atoms with Crippen LogP contribution in [0.5, 0.6) is 0 Å². The summed E-state index contributed by atoms with van der Waals surface area (Å²) in [4.78, 5) is 28.4. The van der Waals surface area contributed by atoms with Crippen molar-refractivity contribution in [2.45, 2.75) is 19.3 Å². The highest BCUT2D eigenvalue weighted by Crippen LogP contribution is 2.29. The molecule has 0 aliphatic carbocycles. The third-order valence-electron chi connectivity index (χ3n) is 6.12. The minimum Gasteiger partial charge on any atom is -0.396 e. The number of piperidine rings is 1. The number of fused-ring (bicyclic) bond motifs is 1. The van der Waals surface area contributed by atoms with Crippen LogP contribution in [0.25, 0.3) is 28.2 Å². The predicted molar refractivity (Wildman–Crippen MR) is 124 cm³/mol. The number of hydrogen-bond acceptors (Lipinski definition) is 7. The van der Waals surface area contributed by atoms with E-state index >= 15 is 0 Å². The molecule has 4 aromatic heterocycles. The van der Waals surface area contributed by atoms with Crippen LogP contribution in [-0.4, -0.2) is 60.2 Å². The number of nitrogens with two attached hydrogens (primary N) is 1. The van der Waals surface area contributed by atoms with Crippen LogP contribution in [0.15, 0.2) is 55.0 Å². The zero-order valence-electron chi connectivity index (χ0n) is 18.1. The highest BCUT2D eigenvalue weighted by atomic mass is 16.3. The van der Waals surface area contributed by atoms with Crippen molar-refractivity contribution < 1.29 is 9.90 Å². The van der Waals surface area contributed by atoms with Gasteiger partial charge < -0.3 is 15.7 Å². The summed E-state index contributed by atoms with van der Waals surface area (Å²) in [5.74, 6) is 0.752. The Morgan fingerprint density at radius 1 is 1.09 bits per heavy atom. The van der Waals surface area contributed by atoms with Gasteiger partial charge in [-0.15, -0.1) is 5.10 Å². The smallest absolute Gasteiger partial charge is 0.272 e. The quantitative estimate of drug-likeness (QED) is 0.486. The van der Waals surface area contributed by atoms with Gasteiger partial charge in [0.1, 0.15) is 5.69 Å². The molecular weight excluding hydrogens is 418 g/mol. The highest BCUT2D eigenvalue weighted by molar-refractivity contribution is 5.93. The number of nitrogen functional groups attached to an aromatic ring is 1. The number of carbonyl (C=O) groups is 1. The van der Waals surface area contributed by atoms with Crippen LogP contribution in [-0.2, 0) is 0 Å². The number of nitrogens with zero attached hydrogens (tertiary/aromatic N) is 6. The molecule has 9 nitrogen and oxygen atoms in total. The summed E-state index contributed by atoms with van der Waals surface area (Å²) < 4.78 is 1.62. The summed E-state index contributed by atoms with van der Waals surface area (Å²) in [6.45, 7) is 1.57. The fourth-order valence-corrected chi connectivity index (χ4v) is 4.32. The van der Waals surface area contributed by atoms with Crippen molar-refractivity contribution in [1.82, 2.24) is 29.5 Å². The zero-order valence-corrected chi connectivity index (χ0v) is 18.1. The second-order valence-electron chi connectivity index (χ2n) is 8.24. The molecular formula is C24H25N7O2. The number of aromatic nitrogens is 5. The van der Waals surface area contributed by atoms with E-state index in [1.807, 2.05) is 41.4 Å². The number of likely N-dealkylation sites (tertiary alicyclic amines) is 1. The van der Waals surface area contributed by atoms with E-state index in [9.17, 15) is 4.79 Å². The summed E-state index contributed by atoms with van der Waals surface area (Å²) in [5.41, 5.74) is 9.93. The molecule has 1 saturated heterocycles. The Morgan fingerprint density at radius 2 is 1.91 bits per heavy atom. The fraction of sp³-hybridized carbons (Fsp3) is 0.292. The Bertz CT molecular complexity index is 1280. The van der Waals surface area contributed by atoms with Crippen LogP contribution >= 0.6 is 0 Å². The van der Waals surface area contributed by atoms with Crippen molar-refractivity contribution in [2.24, 2.45) is 5.92 Å². The van der Waals surface area contributed by atoms with Gasteiger partial charge in [-0.05, 0) is 49.4 Å². The normalized spacial score (nSPS) is 14.6. The molecule has 168 valence electrons. The van der Waals surface area contributed by atoms with E-state index in [0.717, 1.165) is 24.8 Å². The van der Waals surface area contributed by atoms with E-state index < -0.39 is 0 Å². The molecule has 1 aliphatic rings. The Hall–Kier alpha value is -3.85. The number of pyridine rings is 2. The maximum absolute atomic E-state index is 13.0. The number of amides is 1. The molecule has 0 unspecified atom stereocenters. The number of carbonyl (C=O) groups excluding carboxylic acids is 1. The van der Waals surface area contributed by atoms with Crippen LogP contribution in [0.2, 0.25) is 0 Å². The minimum absolute atomic E-state index is 0.0749. The Morgan fingerprint density at radius 3 is 2.67 bits per heavy atom. The number of aliphatic hydroxyl groups is 1. The van der Waals surface area contributed by atoms with E-state index in [1.54, 1.807) is 23.0 Å². The number of aliphatic hydroxyl groups excluding tert-OH is 1. The maximum Gasteiger partial charge on any atom is 0.272 e. The van der Waals surface area contributed by atoms with Crippen molar-refractivity contribution >= 4 is 17.4 Å². The van der Waals surface area contributed by atoms with Gasteiger partial charge in [0.15, 0.2) is 11.5 Å². The Balaban J connectivity index is 1.41. The topological polar surface area (TPSA) is 123 Å². The van der Waals surface area contributed by atoms with E-state index in [2.05, 4.69) is 20.1 Å². The molecule has 1 fully saturated rings. The zero-order chi connectivity index (χ0) is 22.8. The van der Waals surface area contributed by atoms with Gasteiger partial charge in [0.2, 0.25) is 0 Å². The molecule has 1 aliphatic heterocycles. The summed E-state index contributed by atoms with van der Waals surface area (Å²) in [5, 5.41) is 13.5. The molecule has 0 saturated carbocycles. The Labute approximate surface area is 190 Å². The van der Waals surface area contributed by atoms with Gasteiger partial charge in [0.05, 0.1) is 17.0 Å². The molecule has 5 heterocycles. The van der Waals surface area contributed by atoms with Crippen LogP contribution in [0.4, 0.5) is 5.82 Å². The highest BCUT2D eigenvalue weighted by Gasteiger charge is 2.24. The molecule has 0 radical (unpaired) electrons. The van der Waals surface area contributed by atoms with Crippen molar-refractivity contribution in [3.8, 4) is 22.5 Å². The van der Waals surface area contributed by atoms with E-state index in [-0.39, 0.29) is 12.5 Å². The molecule has 9 heteroatoms.